The molecule has 0 aliphatic carbocycles. The lowest BCUT2D eigenvalue weighted by molar-refractivity contribution is -0.122. The van der Waals surface area contributed by atoms with E-state index < -0.39 is 15.4 Å². The number of nitrogens with zero attached hydrogens (tertiary/aromatic N) is 2. The number of likely N-dealkylation sites (N-methyl/N-ethyl adjacent to an activating group) is 1. The maximum absolute atomic E-state index is 13.1. The van der Waals surface area contributed by atoms with Gasteiger partial charge in [0.2, 0.25) is 15.9 Å². The smallest absolute Gasteiger partial charge is 0.243 e. The third kappa shape index (κ3) is 2.64. The quantitative estimate of drug-likeness (QED) is 0.786. The van der Waals surface area contributed by atoms with Gasteiger partial charge in [0.15, 0.2) is 0 Å². The van der Waals surface area contributed by atoms with Crippen LogP contribution in [0.5, 0.6) is 5.75 Å². The van der Waals surface area contributed by atoms with Crippen LogP contribution in [0.15, 0.2) is 47.4 Å². The Morgan fingerprint density at radius 3 is 2.52 bits per heavy atom. The molecule has 1 atom stereocenters. The largest absolute Gasteiger partial charge is 0.497 e. The molecule has 6 nitrogen and oxygen atoms in total. The van der Waals surface area contributed by atoms with Gasteiger partial charge in [0.05, 0.1) is 17.4 Å². The fraction of sp³-hybridized carbons (Fsp3) is 0.316. The number of amides is 1. The zero-order chi connectivity index (χ0) is 19.4. The topological polar surface area (TPSA) is 66.9 Å². The highest BCUT2D eigenvalue weighted by Gasteiger charge is 2.55. The highest BCUT2D eigenvalue weighted by Crippen LogP contribution is 2.48. The average Bonchev–Trinajstić information content (AvgIpc) is 3.21. The van der Waals surface area contributed by atoms with E-state index in [-0.39, 0.29) is 23.9 Å². The summed E-state index contributed by atoms with van der Waals surface area (Å²) in [5.74, 6) is 0.565. The maximum atomic E-state index is 13.1. The Labute approximate surface area is 163 Å². The number of halogens is 1. The summed E-state index contributed by atoms with van der Waals surface area (Å²) in [5, 5.41) is 0.473. The van der Waals surface area contributed by atoms with E-state index >= 15 is 0 Å². The second-order valence-electron chi connectivity index (χ2n) is 6.87. The Morgan fingerprint density at radius 2 is 1.85 bits per heavy atom. The van der Waals surface area contributed by atoms with Gasteiger partial charge in [-0.1, -0.05) is 11.6 Å². The van der Waals surface area contributed by atoms with Crippen molar-refractivity contribution in [2.75, 3.05) is 32.1 Å². The zero-order valence-corrected chi connectivity index (χ0v) is 16.5. The molecule has 0 unspecified atom stereocenters. The first-order valence-electron chi connectivity index (χ1n) is 8.52. The van der Waals surface area contributed by atoms with Crippen molar-refractivity contribution in [3.05, 3.63) is 53.1 Å². The van der Waals surface area contributed by atoms with Gasteiger partial charge >= 0.3 is 0 Å². The maximum Gasteiger partial charge on any atom is 0.243 e. The first-order valence-corrected chi connectivity index (χ1v) is 10.3. The molecule has 2 aromatic rings. The van der Waals surface area contributed by atoms with Gasteiger partial charge < -0.3 is 9.64 Å². The van der Waals surface area contributed by atoms with Crippen molar-refractivity contribution in [3.63, 3.8) is 0 Å². The van der Waals surface area contributed by atoms with Crippen LogP contribution in [0.3, 0.4) is 0 Å². The summed E-state index contributed by atoms with van der Waals surface area (Å²) in [6, 6.07) is 11.6. The van der Waals surface area contributed by atoms with Crippen LogP contribution in [0, 0.1) is 0 Å². The van der Waals surface area contributed by atoms with Crippen LogP contribution in [-0.4, -0.2) is 45.9 Å². The van der Waals surface area contributed by atoms with Crippen molar-refractivity contribution in [1.82, 2.24) is 4.31 Å². The molecule has 1 spiro atoms. The summed E-state index contributed by atoms with van der Waals surface area (Å²) >= 11 is 5.87. The molecule has 8 heteroatoms. The third-order valence-corrected chi connectivity index (χ3v) is 7.59. The molecule has 0 aromatic heterocycles. The van der Waals surface area contributed by atoms with E-state index in [4.69, 9.17) is 16.3 Å². The Balaban J connectivity index is 1.74. The molecule has 27 heavy (non-hydrogen) atoms. The summed E-state index contributed by atoms with van der Waals surface area (Å²) in [4.78, 5) is 14.9. The molecule has 2 aromatic carbocycles. The molecule has 1 amide bonds. The molecule has 0 radical (unpaired) electrons. The van der Waals surface area contributed by atoms with Crippen LogP contribution in [0.2, 0.25) is 5.02 Å². The lowest BCUT2D eigenvalue weighted by atomic mass is 9.81. The van der Waals surface area contributed by atoms with Crippen LogP contribution in [0.4, 0.5) is 5.69 Å². The Kier molecular flexibility index (Phi) is 4.21. The first kappa shape index (κ1) is 18.3. The SMILES string of the molecule is COc1ccc2c(c1)[C@]1(CCN(S(=O)(=O)c3ccc(Cl)cc3)C1)C(=O)N2C. The number of methoxy groups -OCH3 is 1. The van der Waals surface area contributed by atoms with Gasteiger partial charge in [-0.2, -0.15) is 4.31 Å². The van der Waals surface area contributed by atoms with Crippen LogP contribution in [-0.2, 0) is 20.2 Å². The second-order valence-corrected chi connectivity index (χ2v) is 9.25. The molecule has 1 fully saturated rings. The van der Waals surface area contributed by atoms with Gasteiger partial charge in [0, 0.05) is 30.8 Å². The van der Waals surface area contributed by atoms with E-state index in [0.29, 0.717) is 17.2 Å². The monoisotopic (exact) mass is 406 g/mol. The van der Waals surface area contributed by atoms with E-state index in [0.717, 1.165) is 11.3 Å². The van der Waals surface area contributed by atoms with E-state index in [2.05, 4.69) is 0 Å². The number of hydrogen-bond donors (Lipinski definition) is 0. The lowest BCUT2D eigenvalue weighted by Crippen LogP contribution is -2.42. The van der Waals surface area contributed by atoms with E-state index in [1.807, 2.05) is 12.1 Å². The highest BCUT2D eigenvalue weighted by atomic mass is 35.5. The van der Waals surface area contributed by atoms with Gasteiger partial charge in [0.1, 0.15) is 5.75 Å². The second kappa shape index (κ2) is 6.22. The summed E-state index contributed by atoms with van der Waals surface area (Å²) in [6.07, 6.45) is 0.434. The standard InChI is InChI=1S/C19H19ClN2O4S/c1-21-17-8-5-14(26-2)11-16(17)19(18(21)23)9-10-22(12-19)27(24,25)15-6-3-13(20)4-7-15/h3-8,11H,9-10,12H2,1-2H3/t19-/m1/s1. The minimum absolute atomic E-state index is 0.0837. The predicted octanol–water partition coefficient (Wildman–Crippen LogP) is 2.66. The van der Waals surface area contributed by atoms with Crippen molar-refractivity contribution in [3.8, 4) is 5.75 Å². The minimum Gasteiger partial charge on any atom is -0.497 e. The number of benzene rings is 2. The van der Waals surface area contributed by atoms with Crippen molar-refractivity contribution in [2.45, 2.75) is 16.7 Å². The van der Waals surface area contributed by atoms with Crippen molar-refractivity contribution in [2.24, 2.45) is 0 Å². The number of sulfonamides is 1. The van der Waals surface area contributed by atoms with Gasteiger partial charge in [-0.25, -0.2) is 8.42 Å². The molecule has 2 aliphatic rings. The molecule has 2 aliphatic heterocycles. The molecular formula is C19H19ClN2O4S. The highest BCUT2D eigenvalue weighted by molar-refractivity contribution is 7.89. The number of carbonyl (C=O) groups excluding carboxylic acids is 1. The van der Waals surface area contributed by atoms with Crippen LogP contribution >= 0.6 is 11.6 Å². The number of carbonyl (C=O) groups is 1. The van der Waals surface area contributed by atoms with Crippen LogP contribution < -0.4 is 9.64 Å². The fourth-order valence-electron chi connectivity index (χ4n) is 3.99. The molecule has 2 heterocycles. The van der Waals surface area contributed by atoms with Crippen LogP contribution in [0.1, 0.15) is 12.0 Å². The Bertz CT molecular complexity index is 1020. The number of fused-ring (bicyclic) bond motifs is 2. The van der Waals surface area contributed by atoms with Crippen molar-refractivity contribution in [1.29, 1.82) is 0 Å². The molecular weight excluding hydrogens is 388 g/mol. The Hall–Kier alpha value is -2.09. The number of rotatable bonds is 3. The molecule has 0 bridgehead atoms. The third-order valence-electron chi connectivity index (χ3n) is 5.48. The van der Waals surface area contributed by atoms with Gasteiger partial charge in [-0.05, 0) is 54.4 Å². The lowest BCUT2D eigenvalue weighted by Gasteiger charge is -2.23. The molecule has 142 valence electrons. The summed E-state index contributed by atoms with van der Waals surface area (Å²) < 4.78 is 32.8. The van der Waals surface area contributed by atoms with Crippen molar-refractivity contribution < 1.29 is 17.9 Å². The summed E-state index contributed by atoms with van der Waals surface area (Å²) in [7, 11) is -0.414. The molecule has 0 N–H and O–H groups in total. The summed E-state index contributed by atoms with van der Waals surface area (Å²) in [6.45, 7) is 0.391. The van der Waals surface area contributed by atoms with E-state index in [9.17, 15) is 13.2 Å². The van der Waals surface area contributed by atoms with Gasteiger partial charge in [-0.15, -0.1) is 0 Å². The van der Waals surface area contributed by atoms with Gasteiger partial charge in [0.25, 0.3) is 0 Å². The van der Waals surface area contributed by atoms with Crippen molar-refractivity contribution >= 4 is 33.2 Å². The van der Waals surface area contributed by atoms with E-state index in [1.165, 1.54) is 16.4 Å². The zero-order valence-electron chi connectivity index (χ0n) is 15.0. The van der Waals surface area contributed by atoms with Crippen LogP contribution in [0.25, 0.3) is 0 Å². The Morgan fingerprint density at radius 1 is 1.15 bits per heavy atom. The molecule has 1 saturated heterocycles. The normalized spacial score (nSPS) is 22.5. The first-order chi connectivity index (χ1) is 12.8. The fourth-order valence-corrected chi connectivity index (χ4v) is 5.62. The number of hydrogen-bond acceptors (Lipinski definition) is 4. The molecule has 0 saturated carbocycles. The average molecular weight is 407 g/mol. The van der Waals surface area contributed by atoms with E-state index in [1.54, 1.807) is 37.3 Å². The minimum atomic E-state index is -3.71. The number of anilines is 1. The molecule has 4 rings (SSSR count). The van der Waals surface area contributed by atoms with Gasteiger partial charge in [-0.3, -0.25) is 4.79 Å². The number of ether oxygens (including phenoxy) is 1. The predicted molar refractivity (Wildman–Crippen MR) is 103 cm³/mol. The summed E-state index contributed by atoms with van der Waals surface area (Å²) in [5.41, 5.74) is 0.743.